The highest BCUT2D eigenvalue weighted by atomic mass is 16.5. The van der Waals surface area contributed by atoms with Gasteiger partial charge in [0.05, 0.1) is 0 Å². The smallest absolute Gasteiger partial charge is 0.0481 e. The monoisotopic (exact) mass is 221 g/mol. The lowest BCUT2D eigenvalue weighted by molar-refractivity contribution is 0.191. The van der Waals surface area contributed by atoms with Crippen molar-refractivity contribution < 1.29 is 4.74 Å². The number of anilines is 1. The van der Waals surface area contributed by atoms with Crippen molar-refractivity contribution in [3.8, 4) is 0 Å². The maximum absolute atomic E-state index is 5.09. The Morgan fingerprint density at radius 2 is 2.06 bits per heavy atom. The lowest BCUT2D eigenvalue weighted by atomic mass is 10.1. The summed E-state index contributed by atoms with van der Waals surface area (Å²) in [6, 6.07) is 9.02. The fourth-order valence-corrected chi connectivity index (χ4v) is 1.78. The lowest BCUT2D eigenvalue weighted by Gasteiger charge is -2.17. The van der Waals surface area contributed by atoms with E-state index >= 15 is 0 Å². The molecule has 0 fully saturated rings. The molecule has 90 valence electrons. The summed E-state index contributed by atoms with van der Waals surface area (Å²) in [5.41, 5.74) is 2.68. The van der Waals surface area contributed by atoms with Crippen molar-refractivity contribution in [3.05, 3.63) is 29.8 Å². The fraction of sp³-hybridized carbons (Fsp3) is 0.571. The van der Waals surface area contributed by atoms with Crippen LogP contribution in [0.4, 0.5) is 5.69 Å². The standard InChI is InChI=1S/C14H23NO/c1-4-7-13-8-5-6-9-14(13)15-12(2)10-11-16-3/h5-6,8-9,12,15H,4,7,10-11H2,1-3H3. The molecule has 1 unspecified atom stereocenters. The molecule has 1 rings (SSSR count). The molecule has 0 aliphatic heterocycles. The average Bonchev–Trinajstić information content (AvgIpc) is 2.29. The third-order valence-corrected chi connectivity index (χ3v) is 2.69. The molecular weight excluding hydrogens is 198 g/mol. The summed E-state index contributed by atoms with van der Waals surface area (Å²) in [6.45, 7) is 5.22. The van der Waals surface area contributed by atoms with Crippen molar-refractivity contribution in [2.75, 3.05) is 19.0 Å². The number of nitrogens with one attached hydrogen (secondary N) is 1. The summed E-state index contributed by atoms with van der Waals surface area (Å²) in [5.74, 6) is 0. The molecule has 0 saturated carbocycles. The molecule has 0 radical (unpaired) electrons. The summed E-state index contributed by atoms with van der Waals surface area (Å²) in [4.78, 5) is 0. The summed E-state index contributed by atoms with van der Waals surface area (Å²) in [5, 5.41) is 3.55. The highest BCUT2D eigenvalue weighted by Gasteiger charge is 2.04. The van der Waals surface area contributed by atoms with E-state index in [-0.39, 0.29) is 0 Å². The van der Waals surface area contributed by atoms with E-state index in [1.165, 1.54) is 17.7 Å². The number of rotatable bonds is 7. The zero-order valence-electron chi connectivity index (χ0n) is 10.6. The molecule has 2 nitrogen and oxygen atoms in total. The number of hydrogen-bond acceptors (Lipinski definition) is 2. The SMILES string of the molecule is CCCc1ccccc1NC(C)CCOC. The normalized spacial score (nSPS) is 12.4. The molecule has 0 heterocycles. The quantitative estimate of drug-likeness (QED) is 0.761. The first kappa shape index (κ1) is 13.0. The number of aryl methyl sites for hydroxylation is 1. The maximum atomic E-state index is 5.09. The first-order valence-electron chi connectivity index (χ1n) is 6.11. The Bertz CT molecular complexity index is 299. The first-order valence-corrected chi connectivity index (χ1v) is 6.11. The summed E-state index contributed by atoms with van der Waals surface area (Å²) < 4.78 is 5.09. The Kier molecular flexibility index (Phi) is 5.94. The van der Waals surface area contributed by atoms with E-state index in [4.69, 9.17) is 4.74 Å². The van der Waals surface area contributed by atoms with Crippen molar-refractivity contribution in [2.24, 2.45) is 0 Å². The van der Waals surface area contributed by atoms with E-state index in [9.17, 15) is 0 Å². The van der Waals surface area contributed by atoms with Crippen molar-refractivity contribution in [3.63, 3.8) is 0 Å². The van der Waals surface area contributed by atoms with Gasteiger partial charge in [-0.3, -0.25) is 0 Å². The van der Waals surface area contributed by atoms with Crippen molar-refractivity contribution in [2.45, 2.75) is 39.2 Å². The van der Waals surface area contributed by atoms with Gasteiger partial charge in [0.2, 0.25) is 0 Å². The molecule has 16 heavy (non-hydrogen) atoms. The van der Waals surface area contributed by atoms with Crippen LogP contribution < -0.4 is 5.32 Å². The summed E-state index contributed by atoms with van der Waals surface area (Å²) in [7, 11) is 1.75. The van der Waals surface area contributed by atoms with Crippen LogP contribution in [0.25, 0.3) is 0 Å². The first-order chi connectivity index (χ1) is 7.77. The van der Waals surface area contributed by atoms with Crippen LogP contribution in [0.3, 0.4) is 0 Å². The number of para-hydroxylation sites is 1. The molecule has 0 aliphatic carbocycles. The predicted octanol–water partition coefficient (Wildman–Crippen LogP) is 3.48. The van der Waals surface area contributed by atoms with Gasteiger partial charge in [-0.25, -0.2) is 0 Å². The highest BCUT2D eigenvalue weighted by Crippen LogP contribution is 2.18. The van der Waals surface area contributed by atoms with Crippen molar-refractivity contribution >= 4 is 5.69 Å². The van der Waals surface area contributed by atoms with Gasteiger partial charge in [-0.15, -0.1) is 0 Å². The third-order valence-electron chi connectivity index (χ3n) is 2.69. The Morgan fingerprint density at radius 1 is 1.31 bits per heavy atom. The van der Waals surface area contributed by atoms with Crippen LogP contribution in [0.5, 0.6) is 0 Å². The average molecular weight is 221 g/mol. The van der Waals surface area contributed by atoms with Gasteiger partial charge in [-0.05, 0) is 31.4 Å². The molecule has 1 N–H and O–H groups in total. The van der Waals surface area contributed by atoms with Crippen LogP contribution in [0, 0.1) is 0 Å². The van der Waals surface area contributed by atoms with Gasteiger partial charge in [0.1, 0.15) is 0 Å². The molecule has 1 aromatic carbocycles. The molecule has 0 spiro atoms. The van der Waals surface area contributed by atoms with E-state index < -0.39 is 0 Å². The Labute approximate surface area is 99.0 Å². The van der Waals surface area contributed by atoms with Crippen LogP contribution in [-0.4, -0.2) is 19.8 Å². The van der Waals surface area contributed by atoms with Crippen molar-refractivity contribution in [1.82, 2.24) is 0 Å². The van der Waals surface area contributed by atoms with E-state index in [0.29, 0.717) is 6.04 Å². The van der Waals surface area contributed by atoms with Crippen LogP contribution >= 0.6 is 0 Å². The van der Waals surface area contributed by atoms with Crippen LogP contribution in [-0.2, 0) is 11.2 Å². The minimum Gasteiger partial charge on any atom is -0.385 e. The Hall–Kier alpha value is -1.02. The second kappa shape index (κ2) is 7.29. The van der Waals surface area contributed by atoms with Gasteiger partial charge in [0.15, 0.2) is 0 Å². The summed E-state index contributed by atoms with van der Waals surface area (Å²) >= 11 is 0. The molecule has 1 atom stereocenters. The van der Waals surface area contributed by atoms with Crippen LogP contribution in [0.1, 0.15) is 32.3 Å². The molecule has 2 heteroatoms. The van der Waals surface area contributed by atoms with Crippen molar-refractivity contribution in [1.29, 1.82) is 0 Å². The van der Waals surface area contributed by atoms with Gasteiger partial charge in [0.25, 0.3) is 0 Å². The number of benzene rings is 1. The molecule has 1 aromatic rings. The van der Waals surface area contributed by atoms with Gasteiger partial charge in [-0.1, -0.05) is 31.5 Å². The maximum Gasteiger partial charge on any atom is 0.0481 e. The Morgan fingerprint density at radius 3 is 2.75 bits per heavy atom. The minimum absolute atomic E-state index is 0.456. The van der Waals surface area contributed by atoms with E-state index in [2.05, 4.69) is 43.4 Å². The van der Waals surface area contributed by atoms with E-state index in [1.807, 2.05) is 0 Å². The molecular formula is C14H23NO. The van der Waals surface area contributed by atoms with Gasteiger partial charge >= 0.3 is 0 Å². The third kappa shape index (κ3) is 4.23. The summed E-state index contributed by atoms with van der Waals surface area (Å²) in [6.07, 6.45) is 3.36. The van der Waals surface area contributed by atoms with Gasteiger partial charge < -0.3 is 10.1 Å². The lowest BCUT2D eigenvalue weighted by Crippen LogP contribution is -2.18. The van der Waals surface area contributed by atoms with Gasteiger partial charge in [-0.2, -0.15) is 0 Å². The predicted molar refractivity (Wildman–Crippen MR) is 70.0 cm³/mol. The van der Waals surface area contributed by atoms with E-state index in [1.54, 1.807) is 7.11 Å². The zero-order valence-corrected chi connectivity index (χ0v) is 10.6. The second-order valence-electron chi connectivity index (χ2n) is 4.23. The largest absolute Gasteiger partial charge is 0.385 e. The second-order valence-corrected chi connectivity index (χ2v) is 4.23. The molecule has 0 aliphatic rings. The number of hydrogen-bond donors (Lipinski definition) is 1. The van der Waals surface area contributed by atoms with Gasteiger partial charge in [0, 0.05) is 25.4 Å². The number of methoxy groups -OCH3 is 1. The highest BCUT2D eigenvalue weighted by molar-refractivity contribution is 5.51. The molecule has 0 saturated heterocycles. The topological polar surface area (TPSA) is 21.3 Å². The molecule has 0 amide bonds. The minimum atomic E-state index is 0.456. The molecule has 0 aromatic heterocycles. The Balaban J connectivity index is 2.57. The fourth-order valence-electron chi connectivity index (χ4n) is 1.78. The molecule has 0 bridgehead atoms. The van der Waals surface area contributed by atoms with E-state index in [0.717, 1.165) is 19.4 Å². The zero-order chi connectivity index (χ0) is 11.8. The van der Waals surface area contributed by atoms with Crippen LogP contribution in [0.15, 0.2) is 24.3 Å². The van der Waals surface area contributed by atoms with Crippen LogP contribution in [0.2, 0.25) is 0 Å². The number of ether oxygens (including phenoxy) is 1.